The minimum atomic E-state index is 0.423. The fraction of sp³-hybridized carbons (Fsp3) is 0.318. The molecule has 0 aliphatic heterocycles. The van der Waals surface area contributed by atoms with Gasteiger partial charge in [0.05, 0.1) is 22.6 Å². The predicted molar refractivity (Wildman–Crippen MR) is 122 cm³/mol. The number of benzene rings is 1. The first-order valence-corrected chi connectivity index (χ1v) is 11.3. The number of aryl methyl sites for hydroxylation is 1. The van der Waals surface area contributed by atoms with E-state index < -0.39 is 0 Å². The zero-order chi connectivity index (χ0) is 20.5. The molecule has 1 aliphatic carbocycles. The van der Waals surface area contributed by atoms with Gasteiger partial charge in [-0.15, -0.1) is 0 Å². The van der Waals surface area contributed by atoms with Crippen LogP contribution in [-0.2, 0) is 7.05 Å². The molecule has 1 fully saturated rings. The Kier molecular flexibility index (Phi) is 5.31. The highest BCUT2D eigenvalue weighted by Crippen LogP contribution is 2.34. The molecule has 0 spiro atoms. The van der Waals surface area contributed by atoms with Gasteiger partial charge < -0.3 is 10.1 Å². The van der Waals surface area contributed by atoms with Gasteiger partial charge in [0.2, 0.25) is 0 Å². The summed E-state index contributed by atoms with van der Waals surface area (Å²) in [5.41, 5.74) is 2.67. The van der Waals surface area contributed by atoms with E-state index in [1.54, 1.807) is 28.4 Å². The lowest BCUT2D eigenvalue weighted by Gasteiger charge is -2.22. The minimum absolute atomic E-state index is 0.423. The molecule has 3 heterocycles. The maximum Gasteiger partial charge on any atom is 0.184 e. The van der Waals surface area contributed by atoms with Crippen LogP contribution in [0.4, 0.5) is 5.13 Å². The first kappa shape index (κ1) is 19.3. The van der Waals surface area contributed by atoms with Crippen molar-refractivity contribution in [2.45, 2.75) is 38.1 Å². The van der Waals surface area contributed by atoms with E-state index in [2.05, 4.69) is 15.4 Å². The second kappa shape index (κ2) is 8.24. The maximum atomic E-state index is 6.29. The lowest BCUT2D eigenvalue weighted by molar-refractivity contribution is 0.462. The van der Waals surface area contributed by atoms with Crippen molar-refractivity contribution < 1.29 is 4.74 Å². The Morgan fingerprint density at radius 1 is 1.13 bits per heavy atom. The number of rotatable bonds is 5. The molecule has 5 rings (SSSR count). The first-order valence-electron chi connectivity index (χ1n) is 10.1. The summed E-state index contributed by atoms with van der Waals surface area (Å²) in [7, 11) is 1.87. The number of hydrogen-bond donors (Lipinski definition) is 1. The molecule has 6 nitrogen and oxygen atoms in total. The lowest BCUT2D eigenvalue weighted by Crippen LogP contribution is -2.21. The molecule has 0 amide bonds. The van der Waals surface area contributed by atoms with Crippen molar-refractivity contribution in [1.29, 1.82) is 0 Å². The highest BCUT2D eigenvalue weighted by molar-refractivity contribution is 7.22. The minimum Gasteiger partial charge on any atom is -0.456 e. The van der Waals surface area contributed by atoms with Crippen LogP contribution in [0.3, 0.4) is 0 Å². The van der Waals surface area contributed by atoms with Crippen molar-refractivity contribution in [2.24, 2.45) is 7.05 Å². The van der Waals surface area contributed by atoms with Crippen molar-refractivity contribution in [2.75, 3.05) is 5.32 Å². The van der Waals surface area contributed by atoms with Crippen LogP contribution in [0.5, 0.6) is 11.5 Å². The number of pyridine rings is 1. The van der Waals surface area contributed by atoms with Gasteiger partial charge in [0, 0.05) is 36.5 Å². The van der Waals surface area contributed by atoms with Crippen LogP contribution in [0.1, 0.15) is 32.1 Å². The summed E-state index contributed by atoms with van der Waals surface area (Å²) < 4.78 is 8.91. The third-order valence-electron chi connectivity index (χ3n) is 5.36. The van der Waals surface area contributed by atoms with E-state index in [1.807, 2.05) is 37.5 Å². The van der Waals surface area contributed by atoms with Gasteiger partial charge in [0.25, 0.3) is 0 Å². The molecule has 0 atom stereocenters. The molecule has 30 heavy (non-hydrogen) atoms. The number of nitrogens with one attached hydrogen (secondary N) is 1. The molecular weight excluding hydrogens is 418 g/mol. The summed E-state index contributed by atoms with van der Waals surface area (Å²) in [6, 6.07) is 8.39. The molecule has 1 aliphatic rings. The van der Waals surface area contributed by atoms with Gasteiger partial charge in [-0.2, -0.15) is 5.10 Å². The van der Waals surface area contributed by atoms with Gasteiger partial charge >= 0.3 is 0 Å². The molecule has 1 saturated carbocycles. The number of thiazole rings is 1. The summed E-state index contributed by atoms with van der Waals surface area (Å²) in [5, 5.41) is 9.22. The second-order valence-corrected chi connectivity index (χ2v) is 9.03. The van der Waals surface area contributed by atoms with E-state index in [4.69, 9.17) is 21.3 Å². The number of aromatic nitrogens is 4. The van der Waals surface area contributed by atoms with Gasteiger partial charge in [0.15, 0.2) is 5.13 Å². The Morgan fingerprint density at radius 3 is 2.80 bits per heavy atom. The third kappa shape index (κ3) is 4.13. The van der Waals surface area contributed by atoms with Crippen LogP contribution in [0.15, 0.2) is 42.9 Å². The van der Waals surface area contributed by atoms with E-state index >= 15 is 0 Å². The largest absolute Gasteiger partial charge is 0.456 e. The van der Waals surface area contributed by atoms with Gasteiger partial charge in [0.1, 0.15) is 16.7 Å². The molecule has 0 unspecified atom stereocenters. The molecule has 154 valence electrons. The second-order valence-electron chi connectivity index (χ2n) is 7.64. The number of ether oxygens (including phenoxy) is 1. The molecule has 8 heteroatoms. The fourth-order valence-electron chi connectivity index (χ4n) is 3.84. The van der Waals surface area contributed by atoms with Crippen molar-refractivity contribution in [3.05, 3.63) is 48.0 Å². The molecule has 3 aromatic heterocycles. The van der Waals surface area contributed by atoms with E-state index in [0.29, 0.717) is 16.9 Å². The van der Waals surface area contributed by atoms with Gasteiger partial charge in [-0.1, -0.05) is 42.2 Å². The van der Waals surface area contributed by atoms with Crippen LogP contribution in [-0.4, -0.2) is 25.8 Å². The zero-order valence-electron chi connectivity index (χ0n) is 16.6. The molecule has 0 saturated heterocycles. The van der Waals surface area contributed by atoms with Crippen molar-refractivity contribution in [3.8, 4) is 22.6 Å². The van der Waals surface area contributed by atoms with E-state index in [-0.39, 0.29) is 0 Å². The fourth-order valence-corrected chi connectivity index (χ4v) is 5.02. The highest BCUT2D eigenvalue weighted by atomic mass is 35.5. The smallest absolute Gasteiger partial charge is 0.184 e. The number of anilines is 1. The molecular formula is C22H22ClN5OS. The zero-order valence-corrected chi connectivity index (χ0v) is 18.2. The average Bonchev–Trinajstić information content (AvgIpc) is 3.35. The molecule has 1 aromatic carbocycles. The monoisotopic (exact) mass is 439 g/mol. The Balaban J connectivity index is 1.36. The molecule has 0 radical (unpaired) electrons. The number of fused-ring (bicyclic) bond motifs is 1. The van der Waals surface area contributed by atoms with E-state index in [0.717, 1.165) is 32.2 Å². The Hall–Kier alpha value is -2.64. The molecule has 4 aromatic rings. The van der Waals surface area contributed by atoms with Crippen LogP contribution in [0, 0.1) is 0 Å². The van der Waals surface area contributed by atoms with E-state index in [1.165, 1.54) is 32.1 Å². The topological polar surface area (TPSA) is 64.9 Å². The first-order chi connectivity index (χ1) is 14.6. The van der Waals surface area contributed by atoms with Crippen LogP contribution >= 0.6 is 22.9 Å². The average molecular weight is 440 g/mol. The van der Waals surface area contributed by atoms with Gasteiger partial charge in [-0.05, 0) is 31.0 Å². The lowest BCUT2D eigenvalue weighted by atomic mass is 9.96. The summed E-state index contributed by atoms with van der Waals surface area (Å²) in [5.74, 6) is 1.37. The Morgan fingerprint density at radius 2 is 2.00 bits per heavy atom. The van der Waals surface area contributed by atoms with Crippen LogP contribution in [0.25, 0.3) is 21.3 Å². The number of halogens is 1. The number of nitrogens with zero attached hydrogens (tertiary/aromatic N) is 4. The summed E-state index contributed by atoms with van der Waals surface area (Å²) in [4.78, 5) is 9.01. The normalized spacial score (nSPS) is 14.9. The molecule has 1 N–H and O–H groups in total. The van der Waals surface area contributed by atoms with Gasteiger partial charge in [-0.25, -0.2) is 9.97 Å². The Labute approximate surface area is 183 Å². The quantitative estimate of drug-likeness (QED) is 0.370. The highest BCUT2D eigenvalue weighted by Gasteiger charge is 2.15. The summed E-state index contributed by atoms with van der Waals surface area (Å²) in [6.45, 7) is 0. The number of hydrogen-bond acceptors (Lipinski definition) is 6. The van der Waals surface area contributed by atoms with Crippen molar-refractivity contribution >= 4 is 38.3 Å². The third-order valence-corrected chi connectivity index (χ3v) is 6.61. The van der Waals surface area contributed by atoms with Crippen LogP contribution < -0.4 is 10.1 Å². The van der Waals surface area contributed by atoms with Gasteiger partial charge in [-0.3, -0.25) is 4.68 Å². The van der Waals surface area contributed by atoms with Crippen molar-refractivity contribution in [1.82, 2.24) is 19.7 Å². The summed E-state index contributed by atoms with van der Waals surface area (Å²) >= 11 is 7.96. The summed E-state index contributed by atoms with van der Waals surface area (Å²) in [6.07, 6.45) is 11.7. The van der Waals surface area contributed by atoms with Crippen LogP contribution in [0.2, 0.25) is 5.15 Å². The molecule has 0 bridgehead atoms. The maximum absolute atomic E-state index is 6.29. The standard InChI is InChI=1S/C22H22ClN5OS/c1-28-13-14(11-25-28)18-9-17(12-24-21(18)23)29-16-7-8-19-20(10-16)30-22(27-19)26-15-5-3-2-4-6-15/h7-13,15H,2-6H2,1H3,(H,26,27). The van der Waals surface area contributed by atoms with Crippen molar-refractivity contribution in [3.63, 3.8) is 0 Å². The SMILES string of the molecule is Cn1cc(-c2cc(Oc3ccc4nc(NC5CCCCC5)sc4c3)cnc2Cl)cn1. The van der Waals surface area contributed by atoms with E-state index in [9.17, 15) is 0 Å². The Bertz CT molecular complexity index is 1180. The predicted octanol–water partition coefficient (Wildman–Crippen LogP) is 6.28.